The summed E-state index contributed by atoms with van der Waals surface area (Å²) in [5, 5.41) is 0. The molecule has 0 aromatic carbocycles. The molecular formula is C9H14S2. The molecule has 0 bridgehead atoms. The molecule has 0 radical (unpaired) electrons. The fraction of sp³-hybridized carbons (Fsp3) is 0.556. The van der Waals surface area contributed by atoms with E-state index in [-0.39, 0.29) is 0 Å². The Morgan fingerprint density at radius 2 is 1.91 bits per heavy atom. The minimum atomic E-state index is 0.708. The second-order valence-corrected chi connectivity index (χ2v) is 5.17. The summed E-state index contributed by atoms with van der Waals surface area (Å²) in [6, 6.07) is 0. The Balaban J connectivity index is 2.23. The lowest BCUT2D eigenvalue weighted by Crippen LogP contribution is -2.02. The van der Waals surface area contributed by atoms with Gasteiger partial charge in [0.15, 0.2) is 0 Å². The van der Waals surface area contributed by atoms with E-state index in [1.807, 2.05) is 6.92 Å². The van der Waals surface area contributed by atoms with Gasteiger partial charge in [-0.3, -0.25) is 0 Å². The predicted octanol–water partition coefficient (Wildman–Crippen LogP) is 3.31. The summed E-state index contributed by atoms with van der Waals surface area (Å²) < 4.78 is 0.708. The van der Waals surface area contributed by atoms with Gasteiger partial charge in [-0.2, -0.15) is 0 Å². The first-order valence-electron chi connectivity index (χ1n) is 3.96. The van der Waals surface area contributed by atoms with Crippen LogP contribution in [0.1, 0.15) is 13.3 Å². The van der Waals surface area contributed by atoms with Gasteiger partial charge in [-0.25, -0.2) is 0 Å². The molecule has 0 aromatic heterocycles. The van der Waals surface area contributed by atoms with E-state index in [9.17, 15) is 0 Å². The third-order valence-corrected chi connectivity index (χ3v) is 4.26. The molecule has 0 amide bonds. The van der Waals surface area contributed by atoms with Crippen molar-refractivity contribution in [3.05, 3.63) is 24.3 Å². The first-order chi connectivity index (χ1) is 5.43. The molecule has 1 saturated heterocycles. The molecule has 1 heterocycles. The summed E-state index contributed by atoms with van der Waals surface area (Å²) in [7, 11) is 0. The largest absolute Gasteiger partial charge is 0.143 e. The van der Waals surface area contributed by atoms with Crippen molar-refractivity contribution in [2.45, 2.75) is 17.9 Å². The van der Waals surface area contributed by atoms with Crippen molar-refractivity contribution in [3.8, 4) is 0 Å². The van der Waals surface area contributed by atoms with Crippen molar-refractivity contribution in [2.24, 2.45) is 0 Å². The summed E-state index contributed by atoms with van der Waals surface area (Å²) in [5.74, 6) is 2.66. The molecule has 0 nitrogen and oxygen atoms in total. The van der Waals surface area contributed by atoms with Crippen LogP contribution in [-0.2, 0) is 0 Å². The summed E-state index contributed by atoms with van der Waals surface area (Å²) in [6.07, 6.45) is 9.97. The lowest BCUT2D eigenvalue weighted by Gasteiger charge is -2.16. The molecule has 0 aliphatic carbocycles. The Hall–Kier alpha value is 0.180. The van der Waals surface area contributed by atoms with Gasteiger partial charge in [0.1, 0.15) is 0 Å². The maximum atomic E-state index is 2.29. The van der Waals surface area contributed by atoms with Gasteiger partial charge in [-0.1, -0.05) is 24.3 Å². The summed E-state index contributed by atoms with van der Waals surface area (Å²) in [4.78, 5) is 0. The van der Waals surface area contributed by atoms with Gasteiger partial charge in [0.2, 0.25) is 0 Å². The molecule has 1 fully saturated rings. The van der Waals surface area contributed by atoms with Crippen molar-refractivity contribution >= 4 is 23.5 Å². The lowest BCUT2D eigenvalue weighted by atomic mass is 10.5. The zero-order valence-electron chi connectivity index (χ0n) is 6.82. The van der Waals surface area contributed by atoms with Gasteiger partial charge in [0, 0.05) is 0 Å². The topological polar surface area (TPSA) is 0 Å². The van der Waals surface area contributed by atoms with E-state index in [2.05, 4.69) is 47.8 Å². The first-order valence-corrected chi connectivity index (χ1v) is 6.06. The molecule has 11 heavy (non-hydrogen) atoms. The predicted molar refractivity (Wildman–Crippen MR) is 57.3 cm³/mol. The zero-order valence-corrected chi connectivity index (χ0v) is 8.46. The maximum absolute atomic E-state index is 2.29. The van der Waals surface area contributed by atoms with E-state index in [1.165, 1.54) is 17.9 Å². The highest BCUT2D eigenvalue weighted by atomic mass is 32.2. The van der Waals surface area contributed by atoms with Crippen LogP contribution in [0.4, 0.5) is 0 Å². The Kier molecular flexibility index (Phi) is 4.87. The monoisotopic (exact) mass is 186 g/mol. The van der Waals surface area contributed by atoms with Gasteiger partial charge >= 0.3 is 0 Å². The van der Waals surface area contributed by atoms with Gasteiger partial charge in [-0.15, -0.1) is 23.5 Å². The molecule has 0 saturated carbocycles. The fourth-order valence-corrected chi connectivity index (χ4v) is 3.52. The highest BCUT2D eigenvalue weighted by Crippen LogP contribution is 2.31. The minimum absolute atomic E-state index is 0.708. The third kappa shape index (κ3) is 3.92. The van der Waals surface area contributed by atoms with Crippen LogP contribution in [0.25, 0.3) is 0 Å². The van der Waals surface area contributed by atoms with E-state index < -0.39 is 0 Å². The second-order valence-electron chi connectivity index (χ2n) is 2.37. The molecule has 2 heteroatoms. The third-order valence-electron chi connectivity index (χ3n) is 1.42. The van der Waals surface area contributed by atoms with Crippen molar-refractivity contribution in [3.63, 3.8) is 0 Å². The Morgan fingerprint density at radius 3 is 2.55 bits per heavy atom. The Bertz CT molecular complexity index is 144. The SMILES string of the molecule is C/C=C/C=C/C1SCCCS1. The van der Waals surface area contributed by atoms with Gasteiger partial charge in [0.05, 0.1) is 4.58 Å². The number of rotatable bonds is 2. The average molecular weight is 186 g/mol. The second kappa shape index (κ2) is 5.78. The van der Waals surface area contributed by atoms with E-state index in [1.54, 1.807) is 0 Å². The fourth-order valence-electron chi connectivity index (χ4n) is 0.883. The molecule has 1 aliphatic heterocycles. The average Bonchev–Trinajstić information content (AvgIpc) is 2.07. The van der Waals surface area contributed by atoms with Crippen LogP contribution < -0.4 is 0 Å². The van der Waals surface area contributed by atoms with Crippen molar-refractivity contribution in [1.82, 2.24) is 0 Å². The first kappa shape index (κ1) is 9.27. The summed E-state index contributed by atoms with van der Waals surface area (Å²) in [5.41, 5.74) is 0. The highest BCUT2D eigenvalue weighted by molar-refractivity contribution is 8.17. The van der Waals surface area contributed by atoms with Crippen LogP contribution in [0.5, 0.6) is 0 Å². The van der Waals surface area contributed by atoms with Crippen molar-refractivity contribution in [1.29, 1.82) is 0 Å². The Morgan fingerprint density at radius 1 is 1.18 bits per heavy atom. The van der Waals surface area contributed by atoms with Crippen molar-refractivity contribution in [2.75, 3.05) is 11.5 Å². The number of hydrogen-bond acceptors (Lipinski definition) is 2. The zero-order chi connectivity index (χ0) is 7.94. The van der Waals surface area contributed by atoms with Gasteiger partial charge in [0.25, 0.3) is 0 Å². The van der Waals surface area contributed by atoms with Crippen LogP contribution in [-0.4, -0.2) is 16.1 Å². The molecule has 0 N–H and O–H groups in total. The molecule has 0 atom stereocenters. The van der Waals surface area contributed by atoms with Crippen LogP contribution in [0.3, 0.4) is 0 Å². The van der Waals surface area contributed by atoms with Crippen LogP contribution in [0.15, 0.2) is 24.3 Å². The highest BCUT2D eigenvalue weighted by Gasteiger charge is 2.09. The van der Waals surface area contributed by atoms with Crippen LogP contribution >= 0.6 is 23.5 Å². The quantitative estimate of drug-likeness (QED) is 0.607. The van der Waals surface area contributed by atoms with Gasteiger partial charge < -0.3 is 0 Å². The van der Waals surface area contributed by atoms with E-state index in [0.717, 1.165) is 0 Å². The van der Waals surface area contributed by atoms with E-state index in [0.29, 0.717) is 4.58 Å². The van der Waals surface area contributed by atoms with E-state index >= 15 is 0 Å². The molecule has 0 spiro atoms. The molecule has 0 aromatic rings. The Labute approximate surface area is 77.5 Å². The lowest BCUT2D eigenvalue weighted by molar-refractivity contribution is 1.11. The number of thioether (sulfide) groups is 2. The number of allylic oxidation sites excluding steroid dienone is 3. The summed E-state index contributed by atoms with van der Waals surface area (Å²) >= 11 is 4.11. The normalized spacial score (nSPS) is 21.9. The molecule has 0 unspecified atom stereocenters. The molecule has 1 aliphatic rings. The van der Waals surface area contributed by atoms with Crippen LogP contribution in [0.2, 0.25) is 0 Å². The van der Waals surface area contributed by atoms with E-state index in [4.69, 9.17) is 0 Å². The molecule has 62 valence electrons. The smallest absolute Gasteiger partial charge is 0.0685 e. The number of hydrogen-bond donors (Lipinski definition) is 0. The maximum Gasteiger partial charge on any atom is 0.0685 e. The van der Waals surface area contributed by atoms with Crippen molar-refractivity contribution < 1.29 is 0 Å². The minimum Gasteiger partial charge on any atom is -0.143 e. The summed E-state index contributed by atoms with van der Waals surface area (Å²) in [6.45, 7) is 2.05. The standard InChI is InChI=1S/C9H14S2/c1-2-3-4-6-9-10-7-5-8-11-9/h2-4,6,9H,5,7-8H2,1H3/b3-2+,6-4+. The molecule has 1 rings (SSSR count). The van der Waals surface area contributed by atoms with Crippen LogP contribution in [0, 0.1) is 0 Å². The molecular weight excluding hydrogens is 172 g/mol. The van der Waals surface area contributed by atoms with Gasteiger partial charge in [-0.05, 0) is 24.9 Å².